The zero-order valence-electron chi connectivity index (χ0n) is 9.70. The minimum Gasteiger partial charge on any atom is -0.481 e. The number of hydrogen-bond donors (Lipinski definition) is 1. The van der Waals surface area contributed by atoms with Crippen molar-refractivity contribution in [2.24, 2.45) is 0 Å². The Labute approximate surface area is 90.6 Å². The minimum absolute atomic E-state index is 0.204. The van der Waals surface area contributed by atoms with Gasteiger partial charge in [0, 0.05) is 19.7 Å². The predicted octanol–water partition coefficient (Wildman–Crippen LogP) is 1.93. The molecule has 4 nitrogen and oxygen atoms in total. The van der Waals surface area contributed by atoms with E-state index in [0.29, 0.717) is 12.4 Å². The average Bonchev–Trinajstić information content (AvgIpc) is 2.27. The van der Waals surface area contributed by atoms with Gasteiger partial charge in [0.05, 0.1) is 12.7 Å². The summed E-state index contributed by atoms with van der Waals surface area (Å²) in [5.74, 6) is 1.40. The lowest BCUT2D eigenvalue weighted by atomic mass is 10.1. The fourth-order valence-electron chi connectivity index (χ4n) is 1.00. The van der Waals surface area contributed by atoms with Gasteiger partial charge in [-0.05, 0) is 19.9 Å². The van der Waals surface area contributed by atoms with Crippen LogP contribution in [0.2, 0.25) is 0 Å². The largest absolute Gasteiger partial charge is 0.481 e. The van der Waals surface area contributed by atoms with Crippen LogP contribution in [0.4, 0.5) is 5.82 Å². The summed E-state index contributed by atoms with van der Waals surface area (Å²) < 4.78 is 10.3. The molecule has 1 rings (SSSR count). The third kappa shape index (κ3) is 3.75. The number of nitrogens with zero attached hydrogens (tertiary/aromatic N) is 1. The fourth-order valence-corrected chi connectivity index (χ4v) is 1.00. The Bertz CT molecular complexity index is 313. The molecule has 1 aromatic heterocycles. The second kappa shape index (κ2) is 4.98. The van der Waals surface area contributed by atoms with Gasteiger partial charge < -0.3 is 14.8 Å². The molecular formula is C11H18N2O2. The highest BCUT2D eigenvalue weighted by Crippen LogP contribution is 2.13. The van der Waals surface area contributed by atoms with Crippen LogP contribution in [0.5, 0.6) is 5.88 Å². The van der Waals surface area contributed by atoms with Crippen molar-refractivity contribution >= 4 is 5.82 Å². The van der Waals surface area contributed by atoms with Crippen molar-refractivity contribution in [3.63, 3.8) is 0 Å². The SMILES string of the molecule is COc1cccc(NCC(C)(C)OC)n1. The third-order valence-electron chi connectivity index (χ3n) is 2.18. The van der Waals surface area contributed by atoms with Gasteiger partial charge >= 0.3 is 0 Å². The van der Waals surface area contributed by atoms with Crippen molar-refractivity contribution in [3.05, 3.63) is 18.2 Å². The van der Waals surface area contributed by atoms with E-state index in [1.54, 1.807) is 14.2 Å². The Hall–Kier alpha value is -1.29. The highest BCUT2D eigenvalue weighted by atomic mass is 16.5. The maximum absolute atomic E-state index is 5.29. The van der Waals surface area contributed by atoms with E-state index in [4.69, 9.17) is 9.47 Å². The minimum atomic E-state index is -0.204. The van der Waals surface area contributed by atoms with Crippen molar-refractivity contribution in [1.29, 1.82) is 0 Å². The molecule has 15 heavy (non-hydrogen) atoms. The Morgan fingerprint density at radius 1 is 1.33 bits per heavy atom. The van der Waals surface area contributed by atoms with Crippen LogP contribution in [0.3, 0.4) is 0 Å². The lowest BCUT2D eigenvalue weighted by Crippen LogP contribution is -2.32. The molecule has 0 aliphatic carbocycles. The van der Waals surface area contributed by atoms with Crippen LogP contribution in [0.25, 0.3) is 0 Å². The molecule has 0 aliphatic heterocycles. The van der Waals surface area contributed by atoms with Gasteiger partial charge in [0.2, 0.25) is 5.88 Å². The van der Waals surface area contributed by atoms with Gasteiger partial charge in [-0.25, -0.2) is 0 Å². The molecule has 1 heterocycles. The molecule has 0 saturated carbocycles. The Morgan fingerprint density at radius 3 is 2.67 bits per heavy atom. The van der Waals surface area contributed by atoms with E-state index < -0.39 is 0 Å². The molecule has 84 valence electrons. The van der Waals surface area contributed by atoms with Crippen LogP contribution >= 0.6 is 0 Å². The van der Waals surface area contributed by atoms with E-state index >= 15 is 0 Å². The molecular weight excluding hydrogens is 192 g/mol. The first-order chi connectivity index (χ1) is 7.07. The normalized spacial score (nSPS) is 11.2. The van der Waals surface area contributed by atoms with Gasteiger partial charge in [-0.3, -0.25) is 0 Å². The number of anilines is 1. The number of methoxy groups -OCH3 is 2. The summed E-state index contributed by atoms with van der Waals surface area (Å²) in [6, 6.07) is 5.61. The number of nitrogens with one attached hydrogen (secondary N) is 1. The van der Waals surface area contributed by atoms with Crippen LogP contribution in [0.1, 0.15) is 13.8 Å². The fraction of sp³-hybridized carbons (Fsp3) is 0.545. The smallest absolute Gasteiger partial charge is 0.214 e. The highest BCUT2D eigenvalue weighted by molar-refractivity contribution is 5.37. The van der Waals surface area contributed by atoms with Crippen LogP contribution in [0, 0.1) is 0 Å². The first kappa shape index (κ1) is 11.8. The number of pyridine rings is 1. The summed E-state index contributed by atoms with van der Waals surface area (Å²) in [5.41, 5.74) is -0.204. The van der Waals surface area contributed by atoms with E-state index in [-0.39, 0.29) is 5.60 Å². The van der Waals surface area contributed by atoms with Crippen molar-refractivity contribution < 1.29 is 9.47 Å². The zero-order chi connectivity index (χ0) is 11.3. The molecule has 0 unspecified atom stereocenters. The maximum Gasteiger partial charge on any atom is 0.214 e. The van der Waals surface area contributed by atoms with Gasteiger partial charge in [0.15, 0.2) is 0 Å². The summed E-state index contributed by atoms with van der Waals surface area (Å²) in [5, 5.41) is 3.19. The van der Waals surface area contributed by atoms with E-state index in [1.807, 2.05) is 32.0 Å². The van der Waals surface area contributed by atoms with E-state index in [0.717, 1.165) is 5.82 Å². The first-order valence-electron chi connectivity index (χ1n) is 4.87. The van der Waals surface area contributed by atoms with Crippen molar-refractivity contribution in [1.82, 2.24) is 4.98 Å². The van der Waals surface area contributed by atoms with Crippen LogP contribution in [-0.2, 0) is 4.74 Å². The number of rotatable bonds is 5. The molecule has 0 amide bonds. The summed E-state index contributed by atoms with van der Waals surface area (Å²) in [6.45, 7) is 4.73. The number of hydrogen-bond acceptors (Lipinski definition) is 4. The third-order valence-corrected chi connectivity index (χ3v) is 2.18. The van der Waals surface area contributed by atoms with Gasteiger partial charge in [-0.1, -0.05) is 6.07 Å². The molecule has 0 fully saturated rings. The van der Waals surface area contributed by atoms with Crippen molar-refractivity contribution in [2.45, 2.75) is 19.4 Å². The summed E-state index contributed by atoms with van der Waals surface area (Å²) in [4.78, 5) is 4.24. The van der Waals surface area contributed by atoms with Crippen molar-refractivity contribution in [3.8, 4) is 5.88 Å². The second-order valence-electron chi connectivity index (χ2n) is 3.88. The predicted molar refractivity (Wildman–Crippen MR) is 60.4 cm³/mol. The lowest BCUT2D eigenvalue weighted by molar-refractivity contribution is 0.0343. The van der Waals surface area contributed by atoms with Gasteiger partial charge in [-0.15, -0.1) is 0 Å². The Morgan fingerprint density at radius 2 is 2.07 bits per heavy atom. The second-order valence-corrected chi connectivity index (χ2v) is 3.88. The summed E-state index contributed by atoms with van der Waals surface area (Å²) >= 11 is 0. The molecule has 0 aromatic carbocycles. The topological polar surface area (TPSA) is 43.4 Å². The molecule has 4 heteroatoms. The Balaban J connectivity index is 2.57. The first-order valence-corrected chi connectivity index (χ1v) is 4.87. The molecule has 0 bridgehead atoms. The molecule has 0 atom stereocenters. The lowest BCUT2D eigenvalue weighted by Gasteiger charge is -2.23. The number of ether oxygens (including phenoxy) is 2. The van der Waals surface area contributed by atoms with Crippen molar-refractivity contribution in [2.75, 3.05) is 26.1 Å². The molecule has 1 N–H and O–H groups in total. The quantitative estimate of drug-likeness (QED) is 0.806. The molecule has 1 aromatic rings. The van der Waals surface area contributed by atoms with E-state index in [2.05, 4.69) is 10.3 Å². The van der Waals surface area contributed by atoms with Gasteiger partial charge in [-0.2, -0.15) is 4.98 Å². The van der Waals surface area contributed by atoms with E-state index in [1.165, 1.54) is 0 Å². The maximum atomic E-state index is 5.29. The highest BCUT2D eigenvalue weighted by Gasteiger charge is 2.15. The van der Waals surface area contributed by atoms with E-state index in [9.17, 15) is 0 Å². The standard InChI is InChI=1S/C11H18N2O2/c1-11(2,15-4)8-12-9-6-5-7-10(13-9)14-3/h5-7H,8H2,1-4H3,(H,12,13). The summed E-state index contributed by atoms with van der Waals surface area (Å²) in [7, 11) is 3.30. The van der Waals surface area contributed by atoms with Crippen LogP contribution < -0.4 is 10.1 Å². The van der Waals surface area contributed by atoms with Gasteiger partial charge in [0.1, 0.15) is 5.82 Å². The summed E-state index contributed by atoms with van der Waals surface area (Å²) in [6.07, 6.45) is 0. The monoisotopic (exact) mass is 210 g/mol. The molecule has 0 spiro atoms. The van der Waals surface area contributed by atoms with Crippen LogP contribution in [0.15, 0.2) is 18.2 Å². The zero-order valence-corrected chi connectivity index (χ0v) is 9.70. The Kier molecular flexibility index (Phi) is 3.91. The number of aromatic nitrogens is 1. The molecule has 0 aliphatic rings. The van der Waals surface area contributed by atoms with Crippen LogP contribution in [-0.4, -0.2) is 31.3 Å². The molecule has 0 radical (unpaired) electrons. The van der Waals surface area contributed by atoms with Gasteiger partial charge in [0.25, 0.3) is 0 Å². The molecule has 0 saturated heterocycles. The average molecular weight is 210 g/mol.